The van der Waals surface area contributed by atoms with E-state index in [0.29, 0.717) is 0 Å². The lowest BCUT2D eigenvalue weighted by Gasteiger charge is -2.27. The lowest BCUT2D eigenvalue weighted by molar-refractivity contribution is -0.124. The Morgan fingerprint density at radius 3 is 1.94 bits per heavy atom. The van der Waals surface area contributed by atoms with E-state index in [1.807, 2.05) is 13.8 Å². The first-order chi connectivity index (χ1) is 8.27. The Morgan fingerprint density at radius 2 is 1.67 bits per heavy atom. The van der Waals surface area contributed by atoms with E-state index in [9.17, 15) is 14.5 Å². The largest absolute Gasteiger partial charge is 0.392 e. The summed E-state index contributed by atoms with van der Waals surface area (Å²) in [6, 6.07) is 0. The average molecular weight is 280 g/mol. The van der Waals surface area contributed by atoms with Crippen LogP contribution in [0.1, 0.15) is 34.6 Å². The first kappa shape index (κ1) is 17.8. The maximum Gasteiger partial charge on any atom is 0.331 e. The maximum absolute atomic E-state index is 12.3. The third-order valence-corrected chi connectivity index (χ3v) is 4.83. The molecule has 0 rings (SSSR count). The summed E-state index contributed by atoms with van der Waals surface area (Å²) in [5.74, 6) is -1.000. The molecular weight excluding hydrogens is 255 g/mol. The van der Waals surface area contributed by atoms with E-state index < -0.39 is 19.6 Å². The van der Waals surface area contributed by atoms with Crippen LogP contribution in [-0.2, 0) is 18.4 Å². The van der Waals surface area contributed by atoms with E-state index >= 15 is 0 Å². The number of hydrogen-bond donors (Lipinski definition) is 1. The molecule has 2 atom stereocenters. The van der Waals surface area contributed by atoms with Gasteiger partial charge in [0, 0.05) is 0 Å². The minimum atomic E-state index is -3.30. The molecule has 0 aliphatic carbocycles. The molecule has 0 aliphatic heterocycles. The maximum atomic E-state index is 12.3. The smallest absolute Gasteiger partial charge is 0.331 e. The summed E-state index contributed by atoms with van der Waals surface area (Å²) in [6.45, 7) is 8.94. The van der Waals surface area contributed by atoms with E-state index in [0.717, 1.165) is 0 Å². The van der Waals surface area contributed by atoms with Crippen molar-refractivity contribution in [3.8, 4) is 0 Å². The molecule has 18 heavy (non-hydrogen) atoms. The van der Waals surface area contributed by atoms with Crippen LogP contribution in [0.2, 0.25) is 0 Å². The van der Waals surface area contributed by atoms with Crippen LogP contribution in [0.25, 0.3) is 0 Å². The predicted molar refractivity (Wildman–Crippen MR) is 70.7 cm³/mol. The van der Waals surface area contributed by atoms with E-state index in [1.165, 1.54) is 6.92 Å². The Bertz CT molecular complexity index is 293. The monoisotopic (exact) mass is 280 g/mol. The summed E-state index contributed by atoms with van der Waals surface area (Å²) in [4.78, 5) is 11.6. The number of carbonyl (C=O) groups is 1. The fourth-order valence-electron chi connectivity index (χ4n) is 1.72. The summed E-state index contributed by atoms with van der Waals surface area (Å²) >= 11 is 0. The third-order valence-electron chi connectivity index (χ3n) is 2.69. The van der Waals surface area contributed by atoms with E-state index in [1.54, 1.807) is 13.8 Å². The molecule has 0 saturated carbocycles. The molecule has 0 saturated heterocycles. The SMILES string of the molecule is CCOP(=O)(C[C@H](C(C)=O)[C@@H](O)C(C)C)OCC. The highest BCUT2D eigenvalue weighted by molar-refractivity contribution is 7.53. The van der Waals surface area contributed by atoms with Gasteiger partial charge in [0.2, 0.25) is 0 Å². The van der Waals surface area contributed by atoms with Crippen LogP contribution in [-0.4, -0.2) is 36.4 Å². The molecule has 0 aliphatic rings. The van der Waals surface area contributed by atoms with Crippen molar-refractivity contribution >= 4 is 13.4 Å². The highest BCUT2D eigenvalue weighted by Gasteiger charge is 2.35. The summed E-state index contributed by atoms with van der Waals surface area (Å²) in [7, 11) is -3.30. The van der Waals surface area contributed by atoms with Gasteiger partial charge in [0.15, 0.2) is 0 Å². The van der Waals surface area contributed by atoms with Gasteiger partial charge in [-0.15, -0.1) is 0 Å². The highest BCUT2D eigenvalue weighted by Crippen LogP contribution is 2.50. The van der Waals surface area contributed by atoms with Gasteiger partial charge in [-0.05, 0) is 26.7 Å². The Hall–Kier alpha value is -0.220. The molecule has 1 N–H and O–H groups in total. The van der Waals surface area contributed by atoms with Crippen molar-refractivity contribution in [2.45, 2.75) is 40.7 Å². The standard InChI is InChI=1S/C12H25O5P/c1-6-16-18(15,17-7-2)8-11(10(5)13)12(14)9(3)4/h9,11-12,14H,6-8H2,1-5H3/t11-,12+/m1/s1. The van der Waals surface area contributed by atoms with Crippen LogP contribution in [0.4, 0.5) is 0 Å². The number of carbonyl (C=O) groups excluding carboxylic acids is 1. The van der Waals surface area contributed by atoms with E-state index in [-0.39, 0.29) is 31.1 Å². The number of Topliss-reactive ketones (excluding diaryl/α,β-unsaturated/α-hetero) is 1. The van der Waals surface area contributed by atoms with Crippen molar-refractivity contribution in [1.82, 2.24) is 0 Å². The normalized spacial score (nSPS) is 15.7. The van der Waals surface area contributed by atoms with Gasteiger partial charge in [0.25, 0.3) is 0 Å². The summed E-state index contributed by atoms with van der Waals surface area (Å²) in [5, 5.41) is 10.0. The summed E-state index contributed by atoms with van der Waals surface area (Å²) in [5.41, 5.74) is 0. The van der Waals surface area contributed by atoms with Gasteiger partial charge in [-0.2, -0.15) is 0 Å². The molecule has 0 heterocycles. The zero-order valence-corrected chi connectivity index (χ0v) is 12.8. The Labute approximate surface area is 109 Å². The van der Waals surface area contributed by atoms with Crippen LogP contribution < -0.4 is 0 Å². The van der Waals surface area contributed by atoms with Crippen molar-refractivity contribution in [3.63, 3.8) is 0 Å². The van der Waals surface area contributed by atoms with Gasteiger partial charge in [0.1, 0.15) is 5.78 Å². The molecular formula is C12H25O5P. The topological polar surface area (TPSA) is 72.8 Å². The van der Waals surface area contributed by atoms with Crippen LogP contribution in [0.5, 0.6) is 0 Å². The zero-order chi connectivity index (χ0) is 14.3. The molecule has 0 aromatic rings. The molecule has 5 nitrogen and oxygen atoms in total. The zero-order valence-electron chi connectivity index (χ0n) is 11.9. The molecule has 0 fully saturated rings. The minimum absolute atomic E-state index is 0.0661. The van der Waals surface area contributed by atoms with Gasteiger partial charge in [-0.1, -0.05) is 13.8 Å². The van der Waals surface area contributed by atoms with Crippen LogP contribution >= 0.6 is 7.60 Å². The van der Waals surface area contributed by atoms with Crippen LogP contribution in [0.3, 0.4) is 0 Å². The second-order valence-corrected chi connectivity index (χ2v) is 6.68. The van der Waals surface area contributed by atoms with Gasteiger partial charge in [-0.3, -0.25) is 9.36 Å². The number of hydrogen-bond acceptors (Lipinski definition) is 5. The molecule has 108 valence electrons. The van der Waals surface area contributed by atoms with Gasteiger partial charge in [-0.25, -0.2) is 0 Å². The highest BCUT2D eigenvalue weighted by atomic mass is 31.2. The lowest BCUT2D eigenvalue weighted by Crippen LogP contribution is -2.34. The first-order valence-electron chi connectivity index (χ1n) is 6.34. The van der Waals surface area contributed by atoms with Crippen molar-refractivity contribution < 1.29 is 23.5 Å². The molecule has 0 radical (unpaired) electrons. The molecule has 0 aromatic heterocycles. The third kappa shape index (κ3) is 5.61. The minimum Gasteiger partial charge on any atom is -0.392 e. The van der Waals surface area contributed by atoms with Crippen LogP contribution in [0.15, 0.2) is 0 Å². The second kappa shape index (κ2) is 8.05. The quantitative estimate of drug-likeness (QED) is 0.657. The molecule has 0 bridgehead atoms. The lowest BCUT2D eigenvalue weighted by atomic mass is 9.92. The van der Waals surface area contributed by atoms with Gasteiger partial charge >= 0.3 is 7.60 Å². The number of rotatable bonds is 9. The second-order valence-electron chi connectivity index (χ2n) is 4.58. The molecule has 6 heteroatoms. The van der Waals surface area contributed by atoms with Crippen molar-refractivity contribution in [2.75, 3.05) is 19.4 Å². The Morgan fingerprint density at radius 1 is 1.22 bits per heavy atom. The average Bonchev–Trinajstić information content (AvgIpc) is 2.25. The first-order valence-corrected chi connectivity index (χ1v) is 8.06. The van der Waals surface area contributed by atoms with E-state index in [2.05, 4.69) is 0 Å². The number of aliphatic hydroxyl groups excluding tert-OH is 1. The summed E-state index contributed by atoms with van der Waals surface area (Å²) in [6.07, 6.45) is -0.902. The fraction of sp³-hybridized carbons (Fsp3) is 0.917. The Balaban J connectivity index is 4.93. The molecule has 0 spiro atoms. The molecule has 0 aromatic carbocycles. The van der Waals surface area contributed by atoms with Gasteiger partial charge in [0.05, 0.1) is 31.4 Å². The fourth-order valence-corrected chi connectivity index (χ4v) is 3.75. The van der Waals surface area contributed by atoms with Crippen molar-refractivity contribution in [2.24, 2.45) is 11.8 Å². The number of ketones is 1. The van der Waals surface area contributed by atoms with Crippen LogP contribution in [0, 0.1) is 11.8 Å². The van der Waals surface area contributed by atoms with Crippen molar-refractivity contribution in [3.05, 3.63) is 0 Å². The molecule has 0 amide bonds. The molecule has 0 unspecified atom stereocenters. The van der Waals surface area contributed by atoms with Gasteiger partial charge < -0.3 is 14.2 Å². The predicted octanol–water partition coefficient (Wildman–Crippen LogP) is 2.47. The van der Waals surface area contributed by atoms with E-state index in [4.69, 9.17) is 9.05 Å². The van der Waals surface area contributed by atoms with Crippen molar-refractivity contribution in [1.29, 1.82) is 0 Å². The summed E-state index contributed by atoms with van der Waals surface area (Å²) < 4.78 is 22.6. The number of aliphatic hydroxyl groups is 1. The Kier molecular flexibility index (Phi) is 7.95.